The molecule has 0 saturated carbocycles. The number of carbonyl (C=O) groups excluding carboxylic acids is 1. The van der Waals surface area contributed by atoms with Crippen LogP contribution in [0.2, 0.25) is 0 Å². The zero-order chi connectivity index (χ0) is 23.3. The second kappa shape index (κ2) is 9.85. The van der Waals surface area contributed by atoms with Crippen LogP contribution in [0.25, 0.3) is 17.1 Å². The number of aromatic nitrogens is 4. The molecule has 0 fully saturated rings. The Morgan fingerprint density at radius 2 is 1.44 bits per heavy atom. The molecule has 0 saturated heterocycles. The zero-order valence-electron chi connectivity index (χ0n) is 18.6. The summed E-state index contributed by atoms with van der Waals surface area (Å²) < 4.78 is 2.03. The molecular weight excluding hydrogens is 440 g/mol. The Morgan fingerprint density at radius 3 is 2.15 bits per heavy atom. The predicted molar refractivity (Wildman–Crippen MR) is 135 cm³/mol. The van der Waals surface area contributed by atoms with Gasteiger partial charge in [-0.1, -0.05) is 90.6 Å². The Balaban J connectivity index is 1.64. The molecule has 0 unspecified atom stereocenters. The van der Waals surface area contributed by atoms with E-state index in [9.17, 15) is 4.79 Å². The van der Waals surface area contributed by atoms with Gasteiger partial charge in [0.05, 0.1) is 5.69 Å². The number of benzene rings is 3. The van der Waals surface area contributed by atoms with Crippen LogP contribution in [0, 0.1) is 6.92 Å². The van der Waals surface area contributed by atoms with Crippen LogP contribution in [0.15, 0.2) is 115 Å². The van der Waals surface area contributed by atoms with Gasteiger partial charge in [-0.3, -0.25) is 14.3 Å². The van der Waals surface area contributed by atoms with Crippen LogP contribution in [0.4, 0.5) is 0 Å². The molecule has 2 aromatic heterocycles. The Bertz CT molecular complexity index is 1400. The molecule has 0 aliphatic heterocycles. The van der Waals surface area contributed by atoms with E-state index in [0.717, 1.165) is 22.4 Å². The number of carbonyl (C=O) groups is 1. The van der Waals surface area contributed by atoms with Gasteiger partial charge in [-0.25, -0.2) is 0 Å². The Labute approximate surface area is 202 Å². The molecule has 0 aliphatic carbocycles. The summed E-state index contributed by atoms with van der Waals surface area (Å²) in [5, 5.41) is 9.27. The smallest absolute Gasteiger partial charge is 0.197 e. The van der Waals surface area contributed by atoms with Gasteiger partial charge in [-0.05, 0) is 36.2 Å². The van der Waals surface area contributed by atoms with Crippen molar-refractivity contribution in [1.82, 2.24) is 19.7 Å². The number of pyridine rings is 1. The highest BCUT2D eigenvalue weighted by Crippen LogP contribution is 2.39. The van der Waals surface area contributed by atoms with E-state index in [1.54, 1.807) is 12.4 Å². The molecule has 3 aromatic carbocycles. The number of para-hydroxylation sites is 1. The van der Waals surface area contributed by atoms with E-state index in [4.69, 9.17) is 0 Å². The molecule has 0 radical (unpaired) electrons. The minimum atomic E-state index is -0.471. The van der Waals surface area contributed by atoms with Crippen molar-refractivity contribution in [2.75, 3.05) is 0 Å². The Hall–Kier alpha value is -4.03. The van der Waals surface area contributed by atoms with Crippen molar-refractivity contribution in [1.29, 1.82) is 0 Å². The van der Waals surface area contributed by atoms with Gasteiger partial charge in [0.25, 0.3) is 0 Å². The summed E-state index contributed by atoms with van der Waals surface area (Å²) in [4.78, 5) is 17.8. The first-order chi connectivity index (χ1) is 16.7. The molecular formula is C28H22N4OS. The van der Waals surface area contributed by atoms with Crippen molar-refractivity contribution in [2.24, 2.45) is 0 Å². The van der Waals surface area contributed by atoms with Gasteiger partial charge in [-0.15, -0.1) is 10.2 Å². The molecule has 6 heteroatoms. The van der Waals surface area contributed by atoms with E-state index in [2.05, 4.69) is 28.2 Å². The molecule has 0 spiro atoms. The maximum atomic E-state index is 13.7. The number of hydrogen-bond acceptors (Lipinski definition) is 5. The molecule has 5 rings (SSSR count). The Morgan fingerprint density at radius 1 is 0.794 bits per heavy atom. The van der Waals surface area contributed by atoms with Crippen molar-refractivity contribution in [3.63, 3.8) is 0 Å². The summed E-state index contributed by atoms with van der Waals surface area (Å²) >= 11 is 1.41. The normalized spacial score (nSPS) is 11.8. The van der Waals surface area contributed by atoms with Crippen LogP contribution < -0.4 is 0 Å². The topological polar surface area (TPSA) is 60.7 Å². The van der Waals surface area contributed by atoms with E-state index >= 15 is 0 Å². The SMILES string of the molecule is Cc1ccccc1-n1c(S[C@@H](C(=O)c2ccccc2)c2ccccc2)nnc1-c1ccncc1. The molecule has 1 atom stereocenters. The lowest BCUT2D eigenvalue weighted by Crippen LogP contribution is -2.11. The van der Waals surface area contributed by atoms with Gasteiger partial charge in [-0.2, -0.15) is 0 Å². The molecule has 2 heterocycles. The third kappa shape index (κ3) is 4.40. The molecule has 5 nitrogen and oxygen atoms in total. The van der Waals surface area contributed by atoms with Crippen LogP contribution in [0.3, 0.4) is 0 Å². The van der Waals surface area contributed by atoms with Crippen molar-refractivity contribution in [2.45, 2.75) is 17.3 Å². The summed E-state index contributed by atoms with van der Waals surface area (Å²) in [5.41, 5.74) is 4.56. The van der Waals surface area contributed by atoms with Gasteiger partial charge in [0, 0.05) is 23.5 Å². The van der Waals surface area contributed by atoms with Crippen molar-refractivity contribution >= 4 is 17.5 Å². The minimum Gasteiger partial charge on any atom is -0.293 e. The van der Waals surface area contributed by atoms with Crippen LogP contribution in [-0.2, 0) is 0 Å². The zero-order valence-corrected chi connectivity index (χ0v) is 19.4. The van der Waals surface area contributed by atoms with Crippen molar-refractivity contribution in [3.05, 3.63) is 126 Å². The van der Waals surface area contributed by atoms with Crippen LogP contribution in [0.5, 0.6) is 0 Å². The quantitative estimate of drug-likeness (QED) is 0.208. The van der Waals surface area contributed by atoms with Crippen LogP contribution >= 0.6 is 11.8 Å². The van der Waals surface area contributed by atoms with E-state index < -0.39 is 5.25 Å². The lowest BCUT2D eigenvalue weighted by molar-refractivity contribution is 0.0989. The first kappa shape index (κ1) is 21.8. The fraction of sp³-hybridized carbons (Fsp3) is 0.0714. The van der Waals surface area contributed by atoms with E-state index in [1.165, 1.54) is 11.8 Å². The highest BCUT2D eigenvalue weighted by atomic mass is 32.2. The van der Waals surface area contributed by atoms with Gasteiger partial charge in [0.15, 0.2) is 16.8 Å². The average molecular weight is 463 g/mol. The first-order valence-electron chi connectivity index (χ1n) is 10.9. The summed E-state index contributed by atoms with van der Waals surface area (Å²) in [7, 11) is 0. The summed E-state index contributed by atoms with van der Waals surface area (Å²) in [6, 6.07) is 31.2. The number of thioether (sulfide) groups is 1. The average Bonchev–Trinajstić information content (AvgIpc) is 3.32. The van der Waals surface area contributed by atoms with E-state index in [1.807, 2.05) is 95.6 Å². The maximum absolute atomic E-state index is 13.7. The lowest BCUT2D eigenvalue weighted by Gasteiger charge is -2.18. The highest BCUT2D eigenvalue weighted by Gasteiger charge is 2.27. The molecule has 166 valence electrons. The van der Waals surface area contributed by atoms with E-state index in [0.29, 0.717) is 16.5 Å². The number of rotatable bonds is 7. The minimum absolute atomic E-state index is 0.0293. The fourth-order valence-corrected chi connectivity index (χ4v) is 4.95. The molecule has 0 bridgehead atoms. The monoisotopic (exact) mass is 462 g/mol. The first-order valence-corrected chi connectivity index (χ1v) is 11.8. The number of ketones is 1. The largest absolute Gasteiger partial charge is 0.293 e. The van der Waals surface area contributed by atoms with Crippen molar-refractivity contribution in [3.8, 4) is 17.1 Å². The van der Waals surface area contributed by atoms with Gasteiger partial charge < -0.3 is 0 Å². The number of aryl methyl sites for hydroxylation is 1. The molecule has 0 aliphatic rings. The molecule has 5 aromatic rings. The van der Waals surface area contributed by atoms with Crippen molar-refractivity contribution < 1.29 is 4.79 Å². The van der Waals surface area contributed by atoms with Crippen LogP contribution in [-0.4, -0.2) is 25.5 Å². The van der Waals surface area contributed by atoms with Gasteiger partial charge >= 0.3 is 0 Å². The van der Waals surface area contributed by atoms with E-state index in [-0.39, 0.29) is 5.78 Å². The molecule has 34 heavy (non-hydrogen) atoms. The molecule has 0 N–H and O–H groups in total. The number of hydrogen-bond donors (Lipinski definition) is 0. The third-order valence-electron chi connectivity index (χ3n) is 5.55. The summed E-state index contributed by atoms with van der Waals surface area (Å²) in [6.45, 7) is 2.06. The second-order valence-electron chi connectivity index (χ2n) is 7.80. The second-order valence-corrected chi connectivity index (χ2v) is 8.88. The predicted octanol–water partition coefficient (Wildman–Crippen LogP) is 6.35. The van der Waals surface area contributed by atoms with Gasteiger partial charge in [0.1, 0.15) is 5.25 Å². The van der Waals surface area contributed by atoms with Crippen LogP contribution in [0.1, 0.15) is 26.7 Å². The molecule has 0 amide bonds. The third-order valence-corrected chi connectivity index (χ3v) is 6.75. The highest BCUT2D eigenvalue weighted by molar-refractivity contribution is 8.00. The Kier molecular flexibility index (Phi) is 6.31. The fourth-order valence-electron chi connectivity index (χ4n) is 3.83. The summed E-state index contributed by atoms with van der Waals surface area (Å²) in [6.07, 6.45) is 3.48. The number of Topliss-reactive ketones (excluding diaryl/α,β-unsaturated/α-hetero) is 1. The maximum Gasteiger partial charge on any atom is 0.197 e. The standard InChI is InChI=1S/C28H22N4OS/c1-20-10-8-9-15-24(20)32-27(23-16-18-29-19-17-23)30-31-28(32)34-26(22-13-6-3-7-14-22)25(33)21-11-4-2-5-12-21/h2-19,26H,1H3/t26-/m1/s1. The number of nitrogens with zero attached hydrogens (tertiary/aromatic N) is 4. The van der Waals surface area contributed by atoms with Gasteiger partial charge in [0.2, 0.25) is 0 Å². The summed E-state index contributed by atoms with van der Waals surface area (Å²) in [5.74, 6) is 0.736. The lowest BCUT2D eigenvalue weighted by atomic mass is 10.0.